The van der Waals surface area contributed by atoms with Gasteiger partial charge < -0.3 is 11.5 Å². The molecule has 0 heterocycles. The predicted molar refractivity (Wildman–Crippen MR) is 203 cm³/mol. The Bertz CT molecular complexity index is 648. The van der Waals surface area contributed by atoms with Crippen molar-refractivity contribution in [3.05, 3.63) is 24.3 Å². The second-order valence-corrected chi connectivity index (χ2v) is 14.2. The van der Waals surface area contributed by atoms with Crippen molar-refractivity contribution in [3.63, 3.8) is 0 Å². The molecule has 4 nitrogen and oxygen atoms in total. The van der Waals surface area contributed by atoms with Crippen molar-refractivity contribution in [1.82, 2.24) is 0 Å². The Hall–Kier alpha value is -1.58. The van der Waals surface area contributed by atoms with Crippen molar-refractivity contribution < 1.29 is 9.59 Å². The average molecular weight is 645 g/mol. The Labute approximate surface area is 287 Å². The third kappa shape index (κ3) is 38.6. The molecular weight excluding hydrogens is 564 g/mol. The normalized spacial score (nSPS) is 11.9. The van der Waals surface area contributed by atoms with Gasteiger partial charge in [-0.05, 0) is 70.1 Å². The van der Waals surface area contributed by atoms with Gasteiger partial charge in [-0.1, -0.05) is 172 Å². The third-order valence-corrected chi connectivity index (χ3v) is 9.60. The van der Waals surface area contributed by atoms with Crippen LogP contribution in [0.4, 0.5) is 0 Å². The molecule has 0 saturated carbocycles. The molecule has 0 atom stereocenters. The molecular formula is C42H80N2O2. The fraction of sp³-hybridized carbons (Fsp3) is 0.857. The molecule has 0 saturated heterocycles. The van der Waals surface area contributed by atoms with E-state index in [0.29, 0.717) is 12.8 Å². The van der Waals surface area contributed by atoms with Crippen LogP contribution in [0.15, 0.2) is 24.3 Å². The molecule has 0 unspecified atom stereocenters. The molecule has 46 heavy (non-hydrogen) atoms. The first-order chi connectivity index (χ1) is 22.6. The number of unbranched alkanes of at least 4 members (excludes halogenated alkanes) is 24. The molecule has 0 aliphatic carbocycles. The molecule has 4 N–H and O–H groups in total. The Morgan fingerprint density at radius 1 is 0.391 bits per heavy atom. The number of rotatable bonds is 38. The van der Waals surface area contributed by atoms with Gasteiger partial charge >= 0.3 is 0 Å². The monoisotopic (exact) mass is 645 g/mol. The van der Waals surface area contributed by atoms with Gasteiger partial charge in [0.15, 0.2) is 0 Å². The van der Waals surface area contributed by atoms with E-state index < -0.39 is 0 Å². The topological polar surface area (TPSA) is 86.2 Å². The highest BCUT2D eigenvalue weighted by Gasteiger charge is 2.08. The lowest BCUT2D eigenvalue weighted by Gasteiger charge is -2.17. The van der Waals surface area contributed by atoms with Gasteiger partial charge in [-0.3, -0.25) is 9.59 Å². The van der Waals surface area contributed by atoms with Gasteiger partial charge in [0, 0.05) is 12.8 Å². The molecule has 4 heteroatoms. The van der Waals surface area contributed by atoms with Crippen LogP contribution in [0.2, 0.25) is 0 Å². The lowest BCUT2D eigenvalue weighted by molar-refractivity contribution is -0.119. The lowest BCUT2D eigenvalue weighted by atomic mass is 9.89. The summed E-state index contributed by atoms with van der Waals surface area (Å²) in [5.41, 5.74) is 10.4. The average Bonchev–Trinajstić information content (AvgIpc) is 3.03. The quantitative estimate of drug-likeness (QED) is 0.0517. The van der Waals surface area contributed by atoms with Crippen LogP contribution in [0, 0.1) is 5.92 Å². The van der Waals surface area contributed by atoms with Crippen LogP contribution >= 0.6 is 0 Å². The van der Waals surface area contributed by atoms with E-state index in [4.69, 9.17) is 11.5 Å². The molecule has 0 aromatic carbocycles. The highest BCUT2D eigenvalue weighted by molar-refractivity contribution is 5.73. The number of amides is 2. The van der Waals surface area contributed by atoms with Crippen LogP contribution in [-0.2, 0) is 9.59 Å². The minimum absolute atomic E-state index is 0.163. The fourth-order valence-electron chi connectivity index (χ4n) is 6.58. The van der Waals surface area contributed by atoms with Crippen LogP contribution in [0.5, 0.6) is 0 Å². The zero-order chi connectivity index (χ0) is 33.6. The first-order valence-electron chi connectivity index (χ1n) is 20.4. The summed E-state index contributed by atoms with van der Waals surface area (Å²) in [5.74, 6) is 0.652. The van der Waals surface area contributed by atoms with E-state index in [-0.39, 0.29) is 11.8 Å². The summed E-state index contributed by atoms with van der Waals surface area (Å²) < 4.78 is 0. The van der Waals surface area contributed by atoms with Crippen molar-refractivity contribution in [3.8, 4) is 0 Å². The van der Waals surface area contributed by atoms with E-state index >= 15 is 0 Å². The van der Waals surface area contributed by atoms with Gasteiger partial charge in [-0.2, -0.15) is 0 Å². The van der Waals surface area contributed by atoms with Gasteiger partial charge in [-0.25, -0.2) is 0 Å². The second kappa shape index (κ2) is 37.9. The summed E-state index contributed by atoms with van der Waals surface area (Å²) >= 11 is 0. The number of carbonyl (C=O) groups excluding carboxylic acids is 2. The van der Waals surface area contributed by atoms with Crippen LogP contribution in [-0.4, -0.2) is 11.8 Å². The second-order valence-electron chi connectivity index (χ2n) is 14.2. The van der Waals surface area contributed by atoms with E-state index in [9.17, 15) is 9.59 Å². The fourth-order valence-corrected chi connectivity index (χ4v) is 6.58. The summed E-state index contributed by atoms with van der Waals surface area (Å²) in [6.45, 7) is 2.33. The van der Waals surface area contributed by atoms with Gasteiger partial charge in [0.2, 0.25) is 11.8 Å². The largest absolute Gasteiger partial charge is 0.370 e. The summed E-state index contributed by atoms with van der Waals surface area (Å²) in [7, 11) is 0. The molecule has 0 aliphatic heterocycles. The molecule has 0 aromatic rings. The lowest BCUT2D eigenvalue weighted by Crippen LogP contribution is -2.09. The molecule has 0 aliphatic rings. The van der Waals surface area contributed by atoms with E-state index in [1.165, 1.54) is 180 Å². The molecule has 0 rings (SSSR count). The van der Waals surface area contributed by atoms with Gasteiger partial charge in [0.1, 0.15) is 0 Å². The van der Waals surface area contributed by atoms with E-state index in [0.717, 1.165) is 31.6 Å². The maximum absolute atomic E-state index is 10.7. The minimum Gasteiger partial charge on any atom is -0.370 e. The third-order valence-electron chi connectivity index (χ3n) is 9.60. The summed E-state index contributed by atoms with van der Waals surface area (Å²) in [5, 5.41) is 0. The number of hydrogen-bond acceptors (Lipinski definition) is 2. The number of primary amides is 2. The first kappa shape index (κ1) is 44.4. The Morgan fingerprint density at radius 2 is 0.652 bits per heavy atom. The molecule has 2 amide bonds. The maximum Gasteiger partial charge on any atom is 0.217 e. The van der Waals surface area contributed by atoms with Crippen LogP contribution in [0.3, 0.4) is 0 Å². The highest BCUT2D eigenvalue weighted by atomic mass is 16.1. The Balaban J connectivity index is 3.62. The standard InChI is InChI=1S/C42H80N2O2/c1-2-3-30-35-40(36-31-26-22-18-14-10-6-4-8-12-16-20-24-28-33-38-41(43)45)37-32-27-23-19-15-11-7-5-9-13-17-21-25-29-34-39-42(44)46/h4-5,8-9,40H,2-3,6-7,10-39H2,1H3,(H2,43,45)(H2,44,46)/b8-4-,9-5-. The Morgan fingerprint density at radius 3 is 0.957 bits per heavy atom. The van der Waals surface area contributed by atoms with Gasteiger partial charge in [-0.15, -0.1) is 0 Å². The summed E-state index contributed by atoms with van der Waals surface area (Å²) in [6, 6.07) is 0. The molecule has 270 valence electrons. The van der Waals surface area contributed by atoms with Gasteiger partial charge in [0.25, 0.3) is 0 Å². The van der Waals surface area contributed by atoms with E-state index in [1.54, 1.807) is 0 Å². The first-order valence-corrected chi connectivity index (χ1v) is 20.4. The van der Waals surface area contributed by atoms with Crippen molar-refractivity contribution in [2.24, 2.45) is 17.4 Å². The van der Waals surface area contributed by atoms with Gasteiger partial charge in [0.05, 0.1) is 0 Å². The van der Waals surface area contributed by atoms with Crippen LogP contribution in [0.25, 0.3) is 0 Å². The molecule has 0 radical (unpaired) electrons. The number of nitrogens with two attached hydrogens (primary N) is 2. The number of hydrogen-bond donors (Lipinski definition) is 2. The van der Waals surface area contributed by atoms with Crippen molar-refractivity contribution in [2.75, 3.05) is 0 Å². The summed E-state index contributed by atoms with van der Waals surface area (Å²) in [4.78, 5) is 21.5. The Kier molecular flexibility index (Phi) is 36.6. The molecule has 0 bridgehead atoms. The van der Waals surface area contributed by atoms with Crippen molar-refractivity contribution in [2.45, 2.75) is 225 Å². The number of allylic oxidation sites excluding steroid dienone is 4. The highest BCUT2D eigenvalue weighted by Crippen LogP contribution is 2.24. The molecule has 0 spiro atoms. The molecule has 0 aromatic heterocycles. The molecule has 0 fully saturated rings. The predicted octanol–water partition coefficient (Wildman–Crippen LogP) is 13.0. The SMILES string of the molecule is CCCCCC(CCCCCCCC/C=C\CCCCCCCC(N)=O)CCCCCCCC/C=C\CCCCCCCC(N)=O. The summed E-state index contributed by atoms with van der Waals surface area (Å²) in [6.07, 6.45) is 52.8. The smallest absolute Gasteiger partial charge is 0.217 e. The van der Waals surface area contributed by atoms with Crippen LogP contribution < -0.4 is 11.5 Å². The zero-order valence-corrected chi connectivity index (χ0v) is 30.9. The van der Waals surface area contributed by atoms with Crippen molar-refractivity contribution >= 4 is 11.8 Å². The minimum atomic E-state index is -0.163. The van der Waals surface area contributed by atoms with E-state index in [1.807, 2.05) is 0 Å². The van der Waals surface area contributed by atoms with E-state index in [2.05, 4.69) is 31.2 Å². The van der Waals surface area contributed by atoms with Crippen molar-refractivity contribution in [1.29, 1.82) is 0 Å². The maximum atomic E-state index is 10.7. The zero-order valence-electron chi connectivity index (χ0n) is 30.9. The van der Waals surface area contributed by atoms with Crippen LogP contribution in [0.1, 0.15) is 225 Å². The number of carbonyl (C=O) groups is 2.